The molecule has 2 aromatic rings. The van der Waals surface area contributed by atoms with Crippen LogP contribution in [-0.4, -0.2) is 34.6 Å². The number of rotatable bonds is 3. The molecule has 0 unspecified atom stereocenters. The number of benzene rings is 1. The molecule has 0 fully saturated rings. The van der Waals surface area contributed by atoms with Gasteiger partial charge in [-0.25, -0.2) is 13.9 Å². The van der Waals surface area contributed by atoms with Gasteiger partial charge in [0.15, 0.2) is 17.3 Å². The third-order valence-corrected chi connectivity index (χ3v) is 3.40. The number of carboxylic acid groups (broad SMARTS) is 1. The molecule has 0 aliphatic carbocycles. The van der Waals surface area contributed by atoms with Crippen molar-refractivity contribution in [2.75, 3.05) is 13.7 Å². The Bertz CT molecular complexity index is 711. The minimum Gasteiger partial charge on any atom is -0.494 e. The van der Waals surface area contributed by atoms with Crippen molar-refractivity contribution in [2.45, 2.75) is 13.0 Å². The maximum atomic E-state index is 13.8. The first-order chi connectivity index (χ1) is 10.1. The topological polar surface area (TPSA) is 73.6 Å². The second-order valence-corrected chi connectivity index (χ2v) is 4.61. The Hall–Kier alpha value is -2.41. The Morgan fingerprint density at radius 1 is 1.52 bits per heavy atom. The molecule has 3 rings (SSSR count). The van der Waals surface area contributed by atoms with E-state index in [-0.39, 0.29) is 18.1 Å². The van der Waals surface area contributed by atoms with E-state index in [4.69, 9.17) is 9.47 Å². The quantitative estimate of drug-likeness (QED) is 0.933. The van der Waals surface area contributed by atoms with Crippen molar-refractivity contribution in [1.82, 2.24) is 9.78 Å². The second-order valence-electron chi connectivity index (χ2n) is 4.61. The van der Waals surface area contributed by atoms with E-state index >= 15 is 0 Å². The third kappa shape index (κ3) is 2.25. The van der Waals surface area contributed by atoms with Gasteiger partial charge in [-0.1, -0.05) is 0 Å². The van der Waals surface area contributed by atoms with Crippen LogP contribution in [0.5, 0.6) is 5.75 Å². The number of nitrogens with zero attached hydrogens (tertiary/aromatic N) is 2. The van der Waals surface area contributed by atoms with Crippen LogP contribution in [0.4, 0.5) is 4.39 Å². The van der Waals surface area contributed by atoms with Gasteiger partial charge >= 0.3 is 5.97 Å². The number of fused-ring (bicyclic) bond motifs is 1. The highest BCUT2D eigenvalue weighted by atomic mass is 19.1. The number of hydrogen-bond donors (Lipinski definition) is 1. The van der Waals surface area contributed by atoms with Crippen LogP contribution < -0.4 is 4.74 Å². The van der Waals surface area contributed by atoms with Crippen molar-refractivity contribution in [3.63, 3.8) is 0 Å². The van der Waals surface area contributed by atoms with E-state index in [1.54, 1.807) is 6.07 Å². The van der Waals surface area contributed by atoms with Crippen molar-refractivity contribution in [3.05, 3.63) is 41.0 Å². The van der Waals surface area contributed by atoms with Crippen molar-refractivity contribution in [2.24, 2.45) is 0 Å². The highest BCUT2D eigenvalue weighted by Gasteiger charge is 2.26. The zero-order valence-corrected chi connectivity index (χ0v) is 11.3. The lowest BCUT2D eigenvalue weighted by Crippen LogP contribution is -2.13. The maximum absolute atomic E-state index is 13.8. The molecule has 2 heterocycles. The number of carboxylic acids is 1. The van der Waals surface area contributed by atoms with Gasteiger partial charge in [-0.05, 0) is 12.1 Å². The number of hydrogen-bond acceptors (Lipinski definition) is 4. The first-order valence-electron chi connectivity index (χ1n) is 6.37. The summed E-state index contributed by atoms with van der Waals surface area (Å²) < 4.78 is 25.4. The van der Waals surface area contributed by atoms with Crippen molar-refractivity contribution in [3.8, 4) is 11.4 Å². The van der Waals surface area contributed by atoms with Gasteiger partial charge < -0.3 is 14.6 Å². The highest BCUT2D eigenvalue weighted by Crippen LogP contribution is 2.26. The number of aromatic carboxylic acids is 1. The summed E-state index contributed by atoms with van der Waals surface area (Å²) in [6.45, 7) is 0.687. The number of carbonyl (C=O) groups is 1. The van der Waals surface area contributed by atoms with Crippen LogP contribution in [0, 0.1) is 5.82 Å². The fourth-order valence-corrected chi connectivity index (χ4v) is 2.41. The zero-order chi connectivity index (χ0) is 15.0. The molecular weight excluding hydrogens is 279 g/mol. The minimum absolute atomic E-state index is 0.0547. The smallest absolute Gasteiger partial charge is 0.356 e. The lowest BCUT2D eigenvalue weighted by molar-refractivity contribution is 0.0677. The number of methoxy groups -OCH3 is 1. The molecular formula is C14H13FN2O4. The van der Waals surface area contributed by atoms with Crippen LogP contribution in [0.2, 0.25) is 0 Å². The van der Waals surface area contributed by atoms with Crippen LogP contribution >= 0.6 is 0 Å². The summed E-state index contributed by atoms with van der Waals surface area (Å²) >= 11 is 0. The van der Waals surface area contributed by atoms with Gasteiger partial charge in [0.1, 0.15) is 0 Å². The minimum atomic E-state index is -1.12. The zero-order valence-electron chi connectivity index (χ0n) is 11.3. The summed E-state index contributed by atoms with van der Waals surface area (Å²) in [6.07, 6.45) is 0.531. The largest absolute Gasteiger partial charge is 0.494 e. The Balaban J connectivity index is 2.14. The third-order valence-electron chi connectivity index (χ3n) is 3.40. The van der Waals surface area contributed by atoms with Gasteiger partial charge in [0, 0.05) is 18.1 Å². The summed E-state index contributed by atoms with van der Waals surface area (Å²) in [5.74, 6) is -1.52. The molecule has 0 radical (unpaired) electrons. The number of aromatic nitrogens is 2. The van der Waals surface area contributed by atoms with Gasteiger partial charge in [-0.3, -0.25) is 0 Å². The van der Waals surface area contributed by atoms with Gasteiger partial charge in [-0.15, -0.1) is 0 Å². The van der Waals surface area contributed by atoms with Gasteiger partial charge in [0.2, 0.25) is 0 Å². The lowest BCUT2D eigenvalue weighted by Gasteiger charge is -2.15. The standard InChI is InChI=1S/C14H13FN2O4/c1-20-12-3-2-8(6-10(12)15)17-11-4-5-21-7-9(11)13(16-17)14(18)19/h2-3,6H,4-5,7H2,1H3,(H,18,19). The van der Waals surface area contributed by atoms with Gasteiger partial charge in [0.25, 0.3) is 0 Å². The molecule has 1 N–H and O–H groups in total. The predicted octanol–water partition coefficient (Wildman–Crippen LogP) is 1.79. The molecule has 110 valence electrons. The first-order valence-corrected chi connectivity index (χ1v) is 6.37. The summed E-state index contributed by atoms with van der Waals surface area (Å²) in [5, 5.41) is 13.3. The van der Waals surface area contributed by atoms with E-state index in [9.17, 15) is 14.3 Å². The Morgan fingerprint density at radius 3 is 3.00 bits per heavy atom. The molecule has 1 aliphatic heterocycles. The molecule has 1 aromatic heterocycles. The van der Waals surface area contributed by atoms with Gasteiger partial charge in [0.05, 0.1) is 31.7 Å². The van der Waals surface area contributed by atoms with Crippen molar-refractivity contribution >= 4 is 5.97 Å². The summed E-state index contributed by atoms with van der Waals surface area (Å²) in [6, 6.07) is 4.39. The average molecular weight is 292 g/mol. The predicted molar refractivity (Wildman–Crippen MR) is 70.4 cm³/mol. The molecule has 0 spiro atoms. The van der Waals surface area contributed by atoms with E-state index in [2.05, 4.69) is 5.10 Å². The van der Waals surface area contributed by atoms with E-state index in [0.717, 1.165) is 5.69 Å². The fourth-order valence-electron chi connectivity index (χ4n) is 2.41. The number of halogens is 1. The fraction of sp³-hybridized carbons (Fsp3) is 0.286. The number of ether oxygens (including phenoxy) is 2. The van der Waals surface area contributed by atoms with Gasteiger partial charge in [-0.2, -0.15) is 5.10 Å². The molecule has 7 heteroatoms. The highest BCUT2D eigenvalue weighted by molar-refractivity contribution is 5.87. The van der Waals surface area contributed by atoms with E-state index in [1.165, 1.54) is 23.9 Å². The lowest BCUT2D eigenvalue weighted by atomic mass is 10.1. The molecule has 0 saturated carbocycles. The summed E-state index contributed by atoms with van der Waals surface area (Å²) in [5.41, 5.74) is 1.69. The summed E-state index contributed by atoms with van der Waals surface area (Å²) in [7, 11) is 1.38. The molecule has 21 heavy (non-hydrogen) atoms. The van der Waals surface area contributed by atoms with Crippen LogP contribution in [0.3, 0.4) is 0 Å². The van der Waals surface area contributed by atoms with Crippen molar-refractivity contribution in [1.29, 1.82) is 0 Å². The van der Waals surface area contributed by atoms with E-state index in [0.29, 0.717) is 24.3 Å². The summed E-state index contributed by atoms with van der Waals surface area (Å²) in [4.78, 5) is 11.3. The van der Waals surface area contributed by atoms with Crippen LogP contribution in [0.1, 0.15) is 21.7 Å². The average Bonchev–Trinajstić information content (AvgIpc) is 2.87. The van der Waals surface area contributed by atoms with Crippen molar-refractivity contribution < 1.29 is 23.8 Å². The van der Waals surface area contributed by atoms with E-state index < -0.39 is 11.8 Å². The molecule has 1 aromatic carbocycles. The molecule has 0 bridgehead atoms. The molecule has 1 aliphatic rings. The molecule has 0 saturated heterocycles. The monoisotopic (exact) mass is 292 g/mol. The second kappa shape index (κ2) is 5.17. The molecule has 6 nitrogen and oxygen atoms in total. The van der Waals surface area contributed by atoms with E-state index in [1.807, 2.05) is 0 Å². The normalized spacial score (nSPS) is 13.8. The maximum Gasteiger partial charge on any atom is 0.356 e. The SMILES string of the molecule is COc1ccc(-n2nc(C(=O)O)c3c2CCOC3)cc1F. The molecule has 0 atom stereocenters. The first kappa shape index (κ1) is 13.6. The Kier molecular flexibility index (Phi) is 3.34. The Labute approximate surface area is 119 Å². The van der Waals surface area contributed by atoms with Crippen LogP contribution in [-0.2, 0) is 17.8 Å². The Morgan fingerprint density at radius 2 is 2.33 bits per heavy atom. The van der Waals surface area contributed by atoms with Crippen LogP contribution in [0.15, 0.2) is 18.2 Å². The molecule has 0 amide bonds. The van der Waals surface area contributed by atoms with Crippen LogP contribution in [0.25, 0.3) is 5.69 Å².